The molecule has 1 aromatic heterocycles. The highest BCUT2D eigenvalue weighted by Gasteiger charge is 2.26. The summed E-state index contributed by atoms with van der Waals surface area (Å²) in [4.78, 5) is 10.5. The average molecular weight is 320 g/mol. The lowest BCUT2D eigenvalue weighted by Crippen LogP contribution is -2.05. The largest absolute Gasteiger partial charge is 0.370 e. The minimum atomic E-state index is 0.639. The fourth-order valence-corrected chi connectivity index (χ4v) is 3.21. The summed E-state index contributed by atoms with van der Waals surface area (Å²) in [7, 11) is 0. The van der Waals surface area contributed by atoms with Crippen molar-refractivity contribution in [2.75, 3.05) is 11.9 Å². The number of aromatic nitrogens is 2. The summed E-state index contributed by atoms with van der Waals surface area (Å²) in [6, 6.07) is 9.98. The van der Waals surface area contributed by atoms with Crippen LogP contribution in [0.3, 0.4) is 0 Å². The highest BCUT2D eigenvalue weighted by atomic mass is 35.5. The Bertz CT molecular complexity index is 629. The van der Waals surface area contributed by atoms with Crippen LogP contribution in [-0.4, -0.2) is 16.5 Å². The van der Waals surface area contributed by atoms with Gasteiger partial charge in [0.1, 0.15) is 11.6 Å². The van der Waals surface area contributed by atoms with Gasteiger partial charge in [0, 0.05) is 34.1 Å². The number of hydrogen-bond acceptors (Lipinski definition) is 4. The first-order chi connectivity index (χ1) is 10.2. The van der Waals surface area contributed by atoms with E-state index in [4.69, 9.17) is 16.6 Å². The SMILES string of the molecule is CCNc1cc(C2CC2)nc(CSc2cccc(Cl)c2)n1. The van der Waals surface area contributed by atoms with Crippen LogP contribution in [0.5, 0.6) is 0 Å². The van der Waals surface area contributed by atoms with Crippen LogP contribution in [0.4, 0.5) is 5.82 Å². The maximum absolute atomic E-state index is 6.01. The van der Waals surface area contributed by atoms with Gasteiger partial charge in [0.25, 0.3) is 0 Å². The second-order valence-corrected chi connectivity index (χ2v) is 6.63. The maximum Gasteiger partial charge on any atom is 0.141 e. The van der Waals surface area contributed by atoms with Crippen LogP contribution >= 0.6 is 23.4 Å². The predicted molar refractivity (Wildman–Crippen MR) is 89.2 cm³/mol. The zero-order chi connectivity index (χ0) is 14.7. The molecule has 1 fully saturated rings. The van der Waals surface area contributed by atoms with E-state index in [0.717, 1.165) is 33.9 Å². The molecule has 3 nitrogen and oxygen atoms in total. The van der Waals surface area contributed by atoms with E-state index in [2.05, 4.69) is 29.4 Å². The minimum Gasteiger partial charge on any atom is -0.370 e. The van der Waals surface area contributed by atoms with Crippen LogP contribution < -0.4 is 5.32 Å². The first-order valence-electron chi connectivity index (χ1n) is 7.24. The molecular weight excluding hydrogens is 302 g/mol. The number of anilines is 1. The van der Waals surface area contributed by atoms with Gasteiger partial charge in [-0.25, -0.2) is 9.97 Å². The lowest BCUT2D eigenvalue weighted by molar-refractivity contribution is 0.928. The van der Waals surface area contributed by atoms with E-state index in [9.17, 15) is 0 Å². The molecular formula is C16H18ClN3S. The van der Waals surface area contributed by atoms with Gasteiger partial charge < -0.3 is 5.32 Å². The van der Waals surface area contributed by atoms with Crippen molar-refractivity contribution >= 4 is 29.2 Å². The summed E-state index contributed by atoms with van der Waals surface area (Å²) in [5.74, 6) is 3.23. The molecule has 0 amide bonds. The van der Waals surface area contributed by atoms with E-state index in [1.165, 1.54) is 18.5 Å². The van der Waals surface area contributed by atoms with E-state index in [1.807, 2.05) is 18.2 Å². The Kier molecular flexibility index (Phi) is 4.66. The fraction of sp³-hybridized carbons (Fsp3) is 0.375. The monoisotopic (exact) mass is 319 g/mol. The Labute approximate surface area is 134 Å². The van der Waals surface area contributed by atoms with Gasteiger partial charge in [0.05, 0.1) is 5.75 Å². The van der Waals surface area contributed by atoms with Crippen molar-refractivity contribution in [3.8, 4) is 0 Å². The van der Waals surface area contributed by atoms with Crippen molar-refractivity contribution in [3.63, 3.8) is 0 Å². The standard InChI is InChI=1S/C16H18ClN3S/c1-2-18-15-9-14(11-6-7-11)19-16(20-15)10-21-13-5-3-4-12(17)8-13/h3-5,8-9,11H,2,6-7,10H2,1H3,(H,18,19,20). The van der Waals surface area contributed by atoms with E-state index in [-0.39, 0.29) is 0 Å². The number of nitrogens with zero attached hydrogens (tertiary/aromatic N) is 2. The molecule has 0 aliphatic heterocycles. The third-order valence-electron chi connectivity index (χ3n) is 3.31. The van der Waals surface area contributed by atoms with Crippen LogP contribution in [-0.2, 0) is 5.75 Å². The number of halogens is 1. The number of nitrogens with one attached hydrogen (secondary N) is 1. The molecule has 2 aromatic rings. The van der Waals surface area contributed by atoms with Crippen LogP contribution in [0, 0.1) is 0 Å². The van der Waals surface area contributed by atoms with Gasteiger partial charge in [-0.15, -0.1) is 11.8 Å². The molecule has 1 saturated carbocycles. The predicted octanol–water partition coefficient (Wildman–Crippen LogP) is 4.73. The second kappa shape index (κ2) is 6.67. The molecule has 1 aliphatic carbocycles. The Hall–Kier alpha value is -1.26. The summed E-state index contributed by atoms with van der Waals surface area (Å²) >= 11 is 7.73. The summed E-state index contributed by atoms with van der Waals surface area (Å²) in [5, 5.41) is 4.06. The van der Waals surface area contributed by atoms with E-state index in [0.29, 0.717) is 5.92 Å². The number of rotatable bonds is 6. The van der Waals surface area contributed by atoms with Gasteiger partial charge in [-0.2, -0.15) is 0 Å². The molecule has 0 atom stereocenters. The summed E-state index contributed by atoms with van der Waals surface area (Å²) in [5.41, 5.74) is 1.18. The lowest BCUT2D eigenvalue weighted by atomic mass is 10.2. The van der Waals surface area contributed by atoms with Gasteiger partial charge in [0.15, 0.2) is 0 Å². The molecule has 3 rings (SSSR count). The van der Waals surface area contributed by atoms with Gasteiger partial charge in [-0.3, -0.25) is 0 Å². The van der Waals surface area contributed by atoms with Crippen molar-refractivity contribution in [2.45, 2.75) is 36.3 Å². The van der Waals surface area contributed by atoms with Crippen LogP contribution in [0.2, 0.25) is 5.02 Å². The second-order valence-electron chi connectivity index (χ2n) is 5.14. The zero-order valence-corrected chi connectivity index (χ0v) is 13.5. The van der Waals surface area contributed by atoms with Gasteiger partial charge in [-0.05, 0) is 38.0 Å². The lowest BCUT2D eigenvalue weighted by Gasteiger charge is -2.08. The van der Waals surface area contributed by atoms with Gasteiger partial charge in [-0.1, -0.05) is 17.7 Å². The number of benzene rings is 1. The van der Waals surface area contributed by atoms with E-state index in [1.54, 1.807) is 11.8 Å². The van der Waals surface area contributed by atoms with Crippen molar-refractivity contribution in [3.05, 3.63) is 46.9 Å². The Morgan fingerprint density at radius 3 is 2.86 bits per heavy atom. The molecule has 0 spiro atoms. The Morgan fingerprint density at radius 2 is 2.14 bits per heavy atom. The van der Waals surface area contributed by atoms with Crippen LogP contribution in [0.15, 0.2) is 35.2 Å². The molecule has 1 N–H and O–H groups in total. The highest BCUT2D eigenvalue weighted by Crippen LogP contribution is 2.39. The molecule has 5 heteroatoms. The van der Waals surface area contributed by atoms with Crippen molar-refractivity contribution < 1.29 is 0 Å². The van der Waals surface area contributed by atoms with Crippen LogP contribution in [0.25, 0.3) is 0 Å². The first kappa shape index (κ1) is 14.7. The zero-order valence-electron chi connectivity index (χ0n) is 12.0. The topological polar surface area (TPSA) is 37.8 Å². The summed E-state index contributed by atoms with van der Waals surface area (Å²) in [6.45, 7) is 2.96. The van der Waals surface area contributed by atoms with Crippen LogP contribution in [0.1, 0.15) is 37.2 Å². The molecule has 0 radical (unpaired) electrons. The Morgan fingerprint density at radius 1 is 1.29 bits per heavy atom. The molecule has 0 unspecified atom stereocenters. The van der Waals surface area contributed by atoms with Crippen molar-refractivity contribution in [1.82, 2.24) is 9.97 Å². The average Bonchev–Trinajstić information content (AvgIpc) is 3.30. The molecule has 21 heavy (non-hydrogen) atoms. The van der Waals surface area contributed by atoms with E-state index < -0.39 is 0 Å². The molecule has 110 valence electrons. The maximum atomic E-state index is 6.01. The summed E-state index contributed by atoms with van der Waals surface area (Å²) in [6.07, 6.45) is 2.51. The smallest absolute Gasteiger partial charge is 0.141 e. The number of thioether (sulfide) groups is 1. The molecule has 0 saturated heterocycles. The third-order valence-corrected chi connectivity index (χ3v) is 4.53. The van der Waals surface area contributed by atoms with E-state index >= 15 is 0 Å². The highest BCUT2D eigenvalue weighted by molar-refractivity contribution is 7.98. The Balaban J connectivity index is 1.74. The van der Waals surface area contributed by atoms with Crippen molar-refractivity contribution in [2.24, 2.45) is 0 Å². The quantitative estimate of drug-likeness (QED) is 0.781. The summed E-state index contributed by atoms with van der Waals surface area (Å²) < 4.78 is 0. The fourth-order valence-electron chi connectivity index (χ4n) is 2.15. The molecule has 1 aliphatic rings. The van der Waals surface area contributed by atoms with Gasteiger partial charge in [0.2, 0.25) is 0 Å². The number of hydrogen-bond donors (Lipinski definition) is 1. The van der Waals surface area contributed by atoms with Gasteiger partial charge >= 0.3 is 0 Å². The third kappa shape index (κ3) is 4.11. The minimum absolute atomic E-state index is 0.639. The first-order valence-corrected chi connectivity index (χ1v) is 8.61. The normalized spacial score (nSPS) is 14.2. The molecule has 0 bridgehead atoms. The molecule has 1 heterocycles. The van der Waals surface area contributed by atoms with Crippen molar-refractivity contribution in [1.29, 1.82) is 0 Å². The molecule has 1 aromatic carbocycles.